The minimum atomic E-state index is -3.75. The number of benzene rings is 3. The van der Waals surface area contributed by atoms with E-state index in [-0.39, 0.29) is 16.5 Å². The van der Waals surface area contributed by atoms with E-state index in [1.165, 1.54) is 0 Å². The van der Waals surface area contributed by atoms with Gasteiger partial charge in [-0.15, -0.1) is 0 Å². The molecule has 4 aromatic rings. The minimum absolute atomic E-state index is 0.213. The lowest BCUT2D eigenvalue weighted by atomic mass is 10.2. The van der Waals surface area contributed by atoms with Crippen molar-refractivity contribution in [1.82, 2.24) is 14.3 Å². The molecule has 0 aliphatic heterocycles. The molecule has 37 heavy (non-hydrogen) atoms. The second-order valence-electron chi connectivity index (χ2n) is 10.3. The average Bonchev–Trinajstić information content (AvgIpc) is 3.29. The number of imidazole rings is 1. The van der Waals surface area contributed by atoms with Gasteiger partial charge in [0.15, 0.2) is 0 Å². The third-order valence-corrected chi connectivity index (χ3v) is 13.2. The van der Waals surface area contributed by atoms with Crippen LogP contribution in [0, 0.1) is 0 Å². The first-order valence-electron chi connectivity index (χ1n) is 12.4. The van der Waals surface area contributed by atoms with Crippen molar-refractivity contribution in [2.24, 2.45) is 7.05 Å². The quantitative estimate of drug-likeness (QED) is 0.314. The van der Waals surface area contributed by atoms with E-state index in [2.05, 4.69) is 54.7 Å². The van der Waals surface area contributed by atoms with Crippen molar-refractivity contribution in [3.63, 3.8) is 0 Å². The number of hydrogen-bond acceptors (Lipinski definition) is 4. The zero-order chi connectivity index (χ0) is 26.5. The van der Waals surface area contributed by atoms with Crippen LogP contribution in [0.3, 0.4) is 0 Å². The molecule has 0 bridgehead atoms. The van der Waals surface area contributed by atoms with Crippen LogP contribution in [0.15, 0.2) is 108 Å². The highest BCUT2D eigenvalue weighted by Gasteiger charge is 2.50. The summed E-state index contributed by atoms with van der Waals surface area (Å²) in [6.07, 6.45) is 3.94. The molecule has 0 amide bonds. The van der Waals surface area contributed by atoms with Crippen molar-refractivity contribution in [2.45, 2.75) is 43.2 Å². The van der Waals surface area contributed by atoms with E-state index in [9.17, 15) is 8.42 Å². The van der Waals surface area contributed by atoms with Crippen molar-refractivity contribution >= 4 is 28.7 Å². The molecule has 0 aliphatic carbocycles. The van der Waals surface area contributed by atoms with Gasteiger partial charge in [0, 0.05) is 31.4 Å². The maximum atomic E-state index is 13.3. The Kier molecular flexibility index (Phi) is 8.13. The van der Waals surface area contributed by atoms with Gasteiger partial charge in [0.25, 0.3) is 8.32 Å². The maximum absolute atomic E-state index is 13.3. The van der Waals surface area contributed by atoms with E-state index >= 15 is 0 Å². The van der Waals surface area contributed by atoms with Crippen molar-refractivity contribution < 1.29 is 12.8 Å². The highest BCUT2D eigenvalue weighted by molar-refractivity contribution is 7.89. The molecule has 0 saturated heterocycles. The lowest BCUT2D eigenvalue weighted by Gasteiger charge is -2.43. The number of hydrogen-bond donors (Lipinski definition) is 1. The third kappa shape index (κ3) is 5.93. The fourth-order valence-electron chi connectivity index (χ4n) is 4.84. The molecule has 0 spiro atoms. The Balaban J connectivity index is 1.74. The molecular formula is C29H35N3O3SSi. The number of aryl methyl sites for hydroxylation is 1. The number of rotatable bonds is 10. The fraction of sp³-hybridized carbons (Fsp3) is 0.276. The molecule has 0 radical (unpaired) electrons. The number of aromatic nitrogens is 2. The third-order valence-electron chi connectivity index (χ3n) is 6.67. The Labute approximate surface area is 221 Å². The molecule has 3 aromatic carbocycles. The molecule has 1 aromatic heterocycles. The first-order valence-corrected chi connectivity index (χ1v) is 15.8. The normalized spacial score (nSPS) is 13.4. The number of sulfonamides is 1. The molecule has 1 N–H and O–H groups in total. The lowest BCUT2D eigenvalue weighted by molar-refractivity contribution is 0.261. The van der Waals surface area contributed by atoms with Crippen molar-refractivity contribution in [1.29, 1.82) is 0 Å². The zero-order valence-electron chi connectivity index (χ0n) is 21.8. The molecule has 4 rings (SSSR count). The van der Waals surface area contributed by atoms with E-state index in [1.54, 1.807) is 42.9 Å². The number of nitrogens with zero attached hydrogens (tertiary/aromatic N) is 2. The Hall–Kier alpha value is -3.04. The Morgan fingerprint density at radius 3 is 1.86 bits per heavy atom. The maximum Gasteiger partial charge on any atom is 0.261 e. The highest BCUT2D eigenvalue weighted by atomic mass is 32.2. The van der Waals surface area contributed by atoms with Gasteiger partial charge in [-0.1, -0.05) is 99.6 Å². The standard InChI is InChI=1S/C29H35N3O3SSi/c1-29(2,3)37(27-16-10-6-11-17-27,28-18-12-7-13-19-28)35-22-24(20-25-21-30-23-32(25)4)31-36(33,34)26-14-8-5-9-15-26/h5-19,21,23-24,31H,20,22H2,1-4H3/t24-/m0/s1. The van der Waals surface area contributed by atoms with Gasteiger partial charge in [0.1, 0.15) is 0 Å². The SMILES string of the molecule is Cn1cncc1C[C@@H](CO[Si](c1ccccc1)(c1ccccc1)C(C)(C)C)NS(=O)(=O)c1ccccc1. The molecular weight excluding hydrogens is 498 g/mol. The summed E-state index contributed by atoms with van der Waals surface area (Å²) in [7, 11) is -4.68. The van der Waals surface area contributed by atoms with Crippen LogP contribution in [-0.4, -0.2) is 38.9 Å². The largest absolute Gasteiger partial charge is 0.406 e. The van der Waals surface area contributed by atoms with Gasteiger partial charge >= 0.3 is 0 Å². The monoisotopic (exact) mass is 533 g/mol. The predicted octanol–water partition coefficient (Wildman–Crippen LogP) is 3.89. The van der Waals surface area contributed by atoms with Crippen molar-refractivity contribution in [3.05, 3.63) is 109 Å². The highest BCUT2D eigenvalue weighted by Crippen LogP contribution is 2.37. The Bertz CT molecular complexity index is 1350. The number of nitrogens with one attached hydrogen (secondary N) is 1. The predicted molar refractivity (Wildman–Crippen MR) is 151 cm³/mol. The topological polar surface area (TPSA) is 73.2 Å². The summed E-state index contributed by atoms with van der Waals surface area (Å²) in [5.74, 6) is 0. The van der Waals surface area contributed by atoms with Crippen LogP contribution in [-0.2, 0) is 27.9 Å². The van der Waals surface area contributed by atoms with Gasteiger partial charge in [-0.3, -0.25) is 0 Å². The summed E-state index contributed by atoms with van der Waals surface area (Å²) in [5, 5.41) is 2.09. The summed E-state index contributed by atoms with van der Waals surface area (Å²) in [6, 6.07) is 28.7. The molecule has 0 aliphatic rings. The van der Waals surface area contributed by atoms with Crippen molar-refractivity contribution in [2.75, 3.05) is 6.61 Å². The van der Waals surface area contributed by atoms with E-state index in [4.69, 9.17) is 4.43 Å². The smallest absolute Gasteiger partial charge is 0.261 e. The second kappa shape index (κ2) is 11.1. The van der Waals surface area contributed by atoms with Crippen LogP contribution in [0.2, 0.25) is 5.04 Å². The molecule has 8 heteroatoms. The Morgan fingerprint density at radius 1 is 0.892 bits per heavy atom. The summed E-state index contributed by atoms with van der Waals surface area (Å²) >= 11 is 0. The molecule has 194 valence electrons. The molecule has 0 fully saturated rings. The lowest BCUT2D eigenvalue weighted by Crippen LogP contribution is -2.67. The van der Waals surface area contributed by atoms with Crippen molar-refractivity contribution in [3.8, 4) is 0 Å². The van der Waals surface area contributed by atoms with Gasteiger partial charge in [-0.2, -0.15) is 0 Å². The summed E-state index contributed by atoms with van der Waals surface area (Å²) in [4.78, 5) is 4.46. The average molecular weight is 534 g/mol. The van der Waals surface area contributed by atoms with Gasteiger partial charge in [0.05, 0.1) is 17.8 Å². The summed E-state index contributed by atoms with van der Waals surface area (Å²) in [6.45, 7) is 6.85. The van der Waals surface area contributed by atoms with Gasteiger partial charge in [0.2, 0.25) is 10.0 Å². The summed E-state index contributed by atoms with van der Waals surface area (Å²) < 4.78 is 38.6. The molecule has 1 atom stereocenters. The summed E-state index contributed by atoms with van der Waals surface area (Å²) in [5.41, 5.74) is 0.923. The van der Waals surface area contributed by atoms with E-state index in [1.807, 2.05) is 48.0 Å². The van der Waals surface area contributed by atoms with Crippen LogP contribution < -0.4 is 15.1 Å². The van der Waals surface area contributed by atoms with E-state index in [0.717, 1.165) is 16.1 Å². The van der Waals surface area contributed by atoms with Gasteiger partial charge in [-0.05, 0) is 27.5 Å². The van der Waals surface area contributed by atoms with Crippen LogP contribution >= 0.6 is 0 Å². The minimum Gasteiger partial charge on any atom is -0.406 e. The van der Waals surface area contributed by atoms with Crippen LogP contribution in [0.4, 0.5) is 0 Å². The zero-order valence-corrected chi connectivity index (χ0v) is 23.7. The van der Waals surface area contributed by atoms with Gasteiger partial charge in [-0.25, -0.2) is 18.1 Å². The molecule has 0 saturated carbocycles. The van der Waals surface area contributed by atoms with E-state index in [0.29, 0.717) is 6.42 Å². The van der Waals surface area contributed by atoms with Crippen LogP contribution in [0.5, 0.6) is 0 Å². The molecule has 6 nitrogen and oxygen atoms in total. The van der Waals surface area contributed by atoms with Crippen LogP contribution in [0.1, 0.15) is 26.5 Å². The second-order valence-corrected chi connectivity index (χ2v) is 16.3. The fourth-order valence-corrected chi connectivity index (χ4v) is 10.7. The van der Waals surface area contributed by atoms with Gasteiger partial charge < -0.3 is 8.99 Å². The first kappa shape index (κ1) is 27.0. The Morgan fingerprint density at radius 2 is 1.41 bits per heavy atom. The van der Waals surface area contributed by atoms with E-state index < -0.39 is 24.4 Å². The molecule has 1 heterocycles. The van der Waals surface area contributed by atoms with Crippen LogP contribution in [0.25, 0.3) is 0 Å². The first-order chi connectivity index (χ1) is 17.6. The molecule has 0 unspecified atom stereocenters.